The number of benzene rings is 4. The third-order valence-electron chi connectivity index (χ3n) is 5.88. The number of fused-ring (bicyclic) bond motifs is 3. The molecule has 2 nitrogen and oxygen atoms in total. The van der Waals surface area contributed by atoms with Gasteiger partial charge in [-0.05, 0) is 28.1 Å². The van der Waals surface area contributed by atoms with E-state index in [1.807, 2.05) is 12.1 Å². The van der Waals surface area contributed by atoms with E-state index < -0.39 is 5.60 Å². The van der Waals surface area contributed by atoms with Crippen LogP contribution in [0.5, 0.6) is 0 Å². The van der Waals surface area contributed by atoms with Gasteiger partial charge in [-0.25, -0.2) is 4.98 Å². The van der Waals surface area contributed by atoms with Crippen molar-refractivity contribution in [1.82, 2.24) is 4.98 Å². The summed E-state index contributed by atoms with van der Waals surface area (Å²) in [6.07, 6.45) is 0. The number of aromatic nitrogens is 1. The topological polar surface area (TPSA) is 25.4 Å². The molecule has 0 bridgehead atoms. The molecule has 2 heterocycles. The monoisotopic (exact) mass is 373 g/mol. The minimum Gasteiger partial charge on any atom is -0.358 e. The van der Waals surface area contributed by atoms with Gasteiger partial charge in [-0.1, -0.05) is 97.1 Å². The quantitative estimate of drug-likeness (QED) is 0.273. The molecule has 138 valence electrons. The standard InChI is InChI=1S/C27H19NO/c1-2-8-19(9-3-1)20-14-16-21(17-15-20)27(18-29-27)26-24-12-5-4-10-22(24)23-11-6-7-13-25(23)28-26/h1-17H,18H2. The average molecular weight is 373 g/mol. The van der Waals surface area contributed by atoms with Gasteiger partial charge in [0.1, 0.15) is 0 Å². The second-order valence-corrected chi connectivity index (χ2v) is 7.58. The maximum absolute atomic E-state index is 6.11. The van der Waals surface area contributed by atoms with E-state index in [2.05, 4.69) is 91.0 Å². The summed E-state index contributed by atoms with van der Waals surface area (Å²) in [5, 5.41) is 3.57. The van der Waals surface area contributed by atoms with Crippen LogP contribution < -0.4 is 0 Å². The van der Waals surface area contributed by atoms with Crippen molar-refractivity contribution < 1.29 is 4.74 Å². The Bertz CT molecular complexity index is 1340. The van der Waals surface area contributed by atoms with Gasteiger partial charge in [0.2, 0.25) is 0 Å². The van der Waals surface area contributed by atoms with Crippen molar-refractivity contribution in [3.63, 3.8) is 0 Å². The molecule has 0 radical (unpaired) electrons. The van der Waals surface area contributed by atoms with Crippen LogP contribution in [0.15, 0.2) is 103 Å². The lowest BCUT2D eigenvalue weighted by Crippen LogP contribution is -2.14. The van der Waals surface area contributed by atoms with Crippen LogP contribution in [0.3, 0.4) is 0 Å². The molecule has 1 unspecified atom stereocenters. The molecule has 5 aromatic rings. The van der Waals surface area contributed by atoms with Crippen molar-refractivity contribution in [3.8, 4) is 11.1 Å². The third-order valence-corrected chi connectivity index (χ3v) is 5.88. The molecule has 1 saturated heterocycles. The van der Waals surface area contributed by atoms with Gasteiger partial charge < -0.3 is 4.74 Å². The van der Waals surface area contributed by atoms with Gasteiger partial charge in [0.25, 0.3) is 0 Å². The summed E-state index contributed by atoms with van der Waals surface area (Å²) in [7, 11) is 0. The first-order valence-electron chi connectivity index (χ1n) is 9.93. The van der Waals surface area contributed by atoms with E-state index in [0.29, 0.717) is 6.61 Å². The summed E-state index contributed by atoms with van der Waals surface area (Å²) < 4.78 is 6.11. The Morgan fingerprint density at radius 2 is 1.17 bits per heavy atom. The van der Waals surface area contributed by atoms with Crippen LogP contribution in [0.1, 0.15) is 11.3 Å². The molecule has 1 aromatic heterocycles. The Morgan fingerprint density at radius 1 is 0.586 bits per heavy atom. The van der Waals surface area contributed by atoms with Crippen molar-refractivity contribution in [2.45, 2.75) is 5.60 Å². The number of rotatable bonds is 3. The lowest BCUT2D eigenvalue weighted by Gasteiger charge is -2.17. The molecule has 1 fully saturated rings. The van der Waals surface area contributed by atoms with Crippen molar-refractivity contribution in [1.29, 1.82) is 0 Å². The van der Waals surface area contributed by atoms with E-state index in [1.54, 1.807) is 0 Å². The van der Waals surface area contributed by atoms with E-state index in [1.165, 1.54) is 21.9 Å². The minimum atomic E-state index is -0.459. The van der Waals surface area contributed by atoms with Crippen LogP contribution >= 0.6 is 0 Å². The summed E-state index contributed by atoms with van der Waals surface area (Å²) in [5.74, 6) is 0. The third kappa shape index (κ3) is 2.57. The lowest BCUT2D eigenvalue weighted by atomic mass is 9.90. The summed E-state index contributed by atoms with van der Waals surface area (Å²) in [5.41, 5.74) is 5.15. The normalized spacial score (nSPS) is 18.2. The predicted molar refractivity (Wildman–Crippen MR) is 118 cm³/mol. The van der Waals surface area contributed by atoms with E-state index >= 15 is 0 Å². The number of pyridine rings is 1. The number of nitrogens with zero attached hydrogens (tertiary/aromatic N) is 1. The Balaban J connectivity index is 1.52. The highest BCUT2D eigenvalue weighted by Crippen LogP contribution is 2.47. The lowest BCUT2D eigenvalue weighted by molar-refractivity contribution is 0.346. The minimum absolute atomic E-state index is 0.459. The molecule has 0 amide bonds. The summed E-state index contributed by atoms with van der Waals surface area (Å²) >= 11 is 0. The van der Waals surface area contributed by atoms with Gasteiger partial charge in [0.05, 0.1) is 17.8 Å². The smallest absolute Gasteiger partial charge is 0.159 e. The molecule has 0 saturated carbocycles. The predicted octanol–water partition coefficient (Wildman–Crippen LogP) is 6.33. The number of ether oxygens (including phenoxy) is 1. The first-order valence-corrected chi connectivity index (χ1v) is 9.93. The first kappa shape index (κ1) is 16.5. The first-order chi connectivity index (χ1) is 14.4. The van der Waals surface area contributed by atoms with Gasteiger partial charge in [-0.15, -0.1) is 0 Å². The summed E-state index contributed by atoms with van der Waals surface area (Å²) in [6, 6.07) is 36.0. The molecule has 1 atom stereocenters. The van der Waals surface area contributed by atoms with Gasteiger partial charge in [0, 0.05) is 10.8 Å². The largest absolute Gasteiger partial charge is 0.358 e. The molecular weight excluding hydrogens is 354 g/mol. The van der Waals surface area contributed by atoms with Crippen molar-refractivity contribution in [2.75, 3.05) is 6.61 Å². The van der Waals surface area contributed by atoms with E-state index in [9.17, 15) is 0 Å². The molecule has 0 spiro atoms. The Kier molecular flexibility index (Phi) is 3.56. The molecule has 0 N–H and O–H groups in total. The number of epoxide rings is 1. The second kappa shape index (κ2) is 6.26. The van der Waals surface area contributed by atoms with Crippen LogP contribution in [-0.2, 0) is 10.3 Å². The van der Waals surface area contributed by atoms with Gasteiger partial charge in [-0.3, -0.25) is 0 Å². The molecule has 4 aromatic carbocycles. The number of para-hydroxylation sites is 1. The summed E-state index contributed by atoms with van der Waals surface area (Å²) in [6.45, 7) is 0.660. The molecule has 2 heteroatoms. The van der Waals surface area contributed by atoms with Gasteiger partial charge in [0.15, 0.2) is 5.60 Å². The zero-order chi connectivity index (χ0) is 19.3. The average Bonchev–Trinajstić information content (AvgIpc) is 3.61. The fraction of sp³-hybridized carbons (Fsp3) is 0.0741. The highest BCUT2D eigenvalue weighted by Gasteiger charge is 2.50. The fourth-order valence-electron chi connectivity index (χ4n) is 4.29. The molecule has 29 heavy (non-hydrogen) atoms. The van der Waals surface area contributed by atoms with E-state index in [-0.39, 0.29) is 0 Å². The molecule has 1 aliphatic heterocycles. The maximum Gasteiger partial charge on any atom is 0.159 e. The van der Waals surface area contributed by atoms with Crippen LogP contribution in [0.25, 0.3) is 32.8 Å². The Morgan fingerprint density at radius 3 is 1.90 bits per heavy atom. The van der Waals surface area contributed by atoms with Crippen LogP contribution in [-0.4, -0.2) is 11.6 Å². The molecular formula is C27H19NO. The van der Waals surface area contributed by atoms with Crippen molar-refractivity contribution in [2.24, 2.45) is 0 Å². The van der Waals surface area contributed by atoms with Gasteiger partial charge >= 0.3 is 0 Å². The van der Waals surface area contributed by atoms with E-state index in [4.69, 9.17) is 9.72 Å². The Labute approximate surface area is 169 Å². The van der Waals surface area contributed by atoms with Crippen LogP contribution in [0.4, 0.5) is 0 Å². The molecule has 1 aliphatic rings. The van der Waals surface area contributed by atoms with Gasteiger partial charge in [-0.2, -0.15) is 0 Å². The zero-order valence-corrected chi connectivity index (χ0v) is 15.9. The van der Waals surface area contributed by atoms with Crippen molar-refractivity contribution >= 4 is 21.7 Å². The maximum atomic E-state index is 6.11. The molecule has 0 aliphatic carbocycles. The summed E-state index contributed by atoms with van der Waals surface area (Å²) in [4.78, 5) is 5.07. The fourth-order valence-corrected chi connectivity index (χ4v) is 4.29. The number of hydrogen-bond donors (Lipinski definition) is 0. The highest BCUT2D eigenvalue weighted by molar-refractivity contribution is 6.07. The molecule has 6 rings (SSSR count). The van der Waals surface area contributed by atoms with Crippen LogP contribution in [0.2, 0.25) is 0 Å². The van der Waals surface area contributed by atoms with Crippen LogP contribution in [0, 0.1) is 0 Å². The van der Waals surface area contributed by atoms with E-state index in [0.717, 1.165) is 22.2 Å². The Hall–Kier alpha value is -3.49. The zero-order valence-electron chi connectivity index (χ0n) is 15.9. The SMILES string of the molecule is c1ccc(-c2ccc(C3(c4nc5ccccc5c5ccccc45)CO3)cc2)cc1. The second-order valence-electron chi connectivity index (χ2n) is 7.58. The highest BCUT2D eigenvalue weighted by atomic mass is 16.6. The van der Waals surface area contributed by atoms with Crippen molar-refractivity contribution in [3.05, 3.63) is 114 Å². The number of hydrogen-bond acceptors (Lipinski definition) is 2.